The van der Waals surface area contributed by atoms with Crippen LogP contribution in [-0.4, -0.2) is 10.6 Å². The fourth-order valence-corrected chi connectivity index (χ4v) is 1.89. The molecule has 0 fully saturated rings. The molecule has 0 aliphatic carbocycles. The van der Waals surface area contributed by atoms with Crippen molar-refractivity contribution in [1.82, 2.24) is 0 Å². The van der Waals surface area contributed by atoms with Gasteiger partial charge in [-0.05, 0) is 18.6 Å². The zero-order chi connectivity index (χ0) is 11.4. The normalized spacial score (nSPS) is 12.5. The van der Waals surface area contributed by atoms with Gasteiger partial charge in [-0.25, -0.2) is 8.78 Å². The second kappa shape index (κ2) is 5.35. The van der Waals surface area contributed by atoms with Crippen molar-refractivity contribution in [2.75, 3.05) is 0 Å². The van der Waals surface area contributed by atoms with E-state index in [1.807, 2.05) is 0 Å². The van der Waals surface area contributed by atoms with Gasteiger partial charge in [0.15, 0.2) is 0 Å². The minimum atomic E-state index is -0.608. The lowest BCUT2D eigenvalue weighted by Gasteiger charge is -2.09. The summed E-state index contributed by atoms with van der Waals surface area (Å²) in [6.07, 6.45) is 0.400. The molecule has 82 valence electrons. The van der Waals surface area contributed by atoms with Gasteiger partial charge >= 0.3 is 0 Å². The highest BCUT2D eigenvalue weighted by Crippen LogP contribution is 2.18. The first-order chi connectivity index (χ1) is 7.06. The zero-order valence-electron chi connectivity index (χ0n) is 8.27. The van der Waals surface area contributed by atoms with E-state index < -0.39 is 16.5 Å². The van der Waals surface area contributed by atoms with Crippen LogP contribution in [0.4, 0.5) is 8.78 Å². The van der Waals surface area contributed by atoms with Gasteiger partial charge in [-0.1, -0.05) is 28.9 Å². The number of halogens is 3. The Morgan fingerprint density at radius 3 is 2.40 bits per heavy atom. The fourth-order valence-electron chi connectivity index (χ4n) is 1.24. The number of ketones is 1. The molecule has 1 unspecified atom stereocenters. The van der Waals surface area contributed by atoms with E-state index in [1.54, 1.807) is 6.92 Å². The van der Waals surface area contributed by atoms with Crippen molar-refractivity contribution < 1.29 is 13.6 Å². The van der Waals surface area contributed by atoms with E-state index in [-0.39, 0.29) is 17.8 Å². The van der Waals surface area contributed by atoms with Crippen molar-refractivity contribution in [3.8, 4) is 0 Å². The van der Waals surface area contributed by atoms with E-state index in [2.05, 4.69) is 15.9 Å². The van der Waals surface area contributed by atoms with Crippen LogP contribution in [0.25, 0.3) is 0 Å². The van der Waals surface area contributed by atoms with Crippen LogP contribution in [0.5, 0.6) is 0 Å². The molecule has 0 saturated carbocycles. The highest BCUT2D eigenvalue weighted by molar-refractivity contribution is 9.10. The molecule has 0 amide bonds. The number of rotatable bonds is 4. The molecule has 1 aromatic rings. The number of benzene rings is 1. The molecule has 0 aliphatic heterocycles. The Morgan fingerprint density at radius 1 is 1.40 bits per heavy atom. The van der Waals surface area contributed by atoms with Crippen molar-refractivity contribution in [3.63, 3.8) is 0 Å². The lowest BCUT2D eigenvalue weighted by atomic mass is 10.1. The first-order valence-electron chi connectivity index (χ1n) is 4.66. The summed E-state index contributed by atoms with van der Waals surface area (Å²) < 4.78 is 26.4. The van der Waals surface area contributed by atoms with Crippen LogP contribution in [0, 0.1) is 11.6 Å². The number of alkyl halides is 1. The molecule has 1 rings (SSSR count). The SMILES string of the molecule is CCC(=O)C(Br)Cc1c(F)cccc1F. The summed E-state index contributed by atoms with van der Waals surface area (Å²) in [6, 6.07) is 3.68. The molecule has 4 heteroatoms. The lowest BCUT2D eigenvalue weighted by Crippen LogP contribution is -2.17. The maximum Gasteiger partial charge on any atom is 0.146 e. The third kappa shape index (κ3) is 3.09. The molecular weight excluding hydrogens is 266 g/mol. The monoisotopic (exact) mass is 276 g/mol. The number of Topliss-reactive ketones (excluding diaryl/α,β-unsaturated/α-hetero) is 1. The minimum Gasteiger partial charge on any atom is -0.298 e. The van der Waals surface area contributed by atoms with Gasteiger partial charge in [-0.15, -0.1) is 0 Å². The van der Waals surface area contributed by atoms with E-state index in [1.165, 1.54) is 18.2 Å². The Balaban J connectivity index is 2.85. The predicted molar refractivity (Wildman–Crippen MR) is 58.1 cm³/mol. The van der Waals surface area contributed by atoms with Gasteiger partial charge in [0.1, 0.15) is 17.4 Å². The molecule has 0 radical (unpaired) electrons. The van der Waals surface area contributed by atoms with Crippen LogP contribution < -0.4 is 0 Å². The molecule has 15 heavy (non-hydrogen) atoms. The van der Waals surface area contributed by atoms with E-state index in [9.17, 15) is 13.6 Å². The van der Waals surface area contributed by atoms with E-state index in [0.717, 1.165) is 0 Å². The molecule has 1 atom stereocenters. The Bertz CT molecular complexity index is 345. The van der Waals surface area contributed by atoms with Gasteiger partial charge in [0, 0.05) is 12.0 Å². The van der Waals surface area contributed by atoms with Crippen LogP contribution in [0.2, 0.25) is 0 Å². The predicted octanol–water partition coefficient (Wildman–Crippen LogP) is 3.25. The largest absolute Gasteiger partial charge is 0.298 e. The second-order valence-electron chi connectivity index (χ2n) is 3.19. The maximum atomic E-state index is 13.2. The summed E-state index contributed by atoms with van der Waals surface area (Å²) in [6.45, 7) is 1.72. The summed E-state index contributed by atoms with van der Waals surface area (Å²) >= 11 is 3.13. The van der Waals surface area contributed by atoms with Crippen LogP contribution in [0.15, 0.2) is 18.2 Å². The van der Waals surface area contributed by atoms with E-state index in [0.29, 0.717) is 6.42 Å². The number of hydrogen-bond donors (Lipinski definition) is 0. The van der Waals surface area contributed by atoms with Crippen molar-refractivity contribution >= 4 is 21.7 Å². The third-order valence-corrected chi connectivity index (χ3v) is 2.98. The molecule has 1 aromatic carbocycles. The minimum absolute atomic E-state index is 0.0406. The number of carbonyl (C=O) groups excluding carboxylic acids is 1. The molecule has 0 aromatic heterocycles. The maximum absolute atomic E-state index is 13.2. The summed E-state index contributed by atoms with van der Waals surface area (Å²) in [5.74, 6) is -1.27. The van der Waals surface area contributed by atoms with Gasteiger partial charge < -0.3 is 0 Å². The first kappa shape index (κ1) is 12.3. The Morgan fingerprint density at radius 2 is 1.93 bits per heavy atom. The quantitative estimate of drug-likeness (QED) is 0.772. The topological polar surface area (TPSA) is 17.1 Å². The molecule has 0 bridgehead atoms. The highest BCUT2D eigenvalue weighted by Gasteiger charge is 2.18. The number of carbonyl (C=O) groups is 1. The third-order valence-electron chi connectivity index (χ3n) is 2.14. The standard InChI is InChI=1S/C11H11BrF2O/c1-2-11(15)8(12)6-7-9(13)4-3-5-10(7)14/h3-5,8H,2,6H2,1H3. The van der Waals surface area contributed by atoms with Crippen molar-refractivity contribution in [1.29, 1.82) is 0 Å². The van der Waals surface area contributed by atoms with Crippen LogP contribution >= 0.6 is 15.9 Å². The first-order valence-corrected chi connectivity index (χ1v) is 5.57. The molecular formula is C11H11BrF2O. The Hall–Kier alpha value is -0.770. The van der Waals surface area contributed by atoms with Gasteiger partial charge in [0.25, 0.3) is 0 Å². The average Bonchev–Trinajstić information content (AvgIpc) is 2.22. The lowest BCUT2D eigenvalue weighted by molar-refractivity contribution is -0.118. The van der Waals surface area contributed by atoms with Gasteiger partial charge in [-0.3, -0.25) is 4.79 Å². The summed E-state index contributed by atoms with van der Waals surface area (Å²) in [5, 5.41) is 0. The average molecular weight is 277 g/mol. The Kier molecular flexibility index (Phi) is 4.39. The van der Waals surface area contributed by atoms with Crippen molar-refractivity contribution in [3.05, 3.63) is 35.4 Å². The van der Waals surface area contributed by atoms with Crippen LogP contribution in [-0.2, 0) is 11.2 Å². The summed E-state index contributed by atoms with van der Waals surface area (Å²) in [5.41, 5.74) is -0.0406. The second-order valence-corrected chi connectivity index (χ2v) is 4.30. The van der Waals surface area contributed by atoms with E-state index >= 15 is 0 Å². The summed E-state index contributed by atoms with van der Waals surface area (Å²) in [7, 11) is 0. The van der Waals surface area contributed by atoms with Gasteiger partial charge in [0.2, 0.25) is 0 Å². The molecule has 0 N–H and O–H groups in total. The molecule has 0 aliphatic rings. The zero-order valence-corrected chi connectivity index (χ0v) is 9.85. The molecule has 0 heterocycles. The van der Waals surface area contributed by atoms with E-state index in [4.69, 9.17) is 0 Å². The highest BCUT2D eigenvalue weighted by atomic mass is 79.9. The van der Waals surface area contributed by atoms with Gasteiger partial charge in [-0.2, -0.15) is 0 Å². The van der Waals surface area contributed by atoms with Crippen LogP contribution in [0.3, 0.4) is 0 Å². The fraction of sp³-hybridized carbons (Fsp3) is 0.364. The molecule has 1 nitrogen and oxygen atoms in total. The number of hydrogen-bond acceptors (Lipinski definition) is 1. The van der Waals surface area contributed by atoms with Crippen LogP contribution in [0.1, 0.15) is 18.9 Å². The summed E-state index contributed by atoms with van der Waals surface area (Å²) in [4.78, 5) is 10.7. The molecule has 0 spiro atoms. The smallest absolute Gasteiger partial charge is 0.146 e. The van der Waals surface area contributed by atoms with Crippen molar-refractivity contribution in [2.45, 2.75) is 24.6 Å². The van der Waals surface area contributed by atoms with Gasteiger partial charge in [0.05, 0.1) is 4.83 Å². The molecule has 0 saturated heterocycles. The van der Waals surface area contributed by atoms with Crippen molar-refractivity contribution in [2.24, 2.45) is 0 Å². The Labute approximate surface area is 95.6 Å².